The molecule has 0 spiro atoms. The molecule has 0 amide bonds. The van der Waals surface area contributed by atoms with Crippen molar-refractivity contribution >= 4 is 0 Å². The number of hydrogen-bond donors (Lipinski definition) is 1. The number of rotatable bonds is 5. The van der Waals surface area contributed by atoms with Gasteiger partial charge in [-0.15, -0.1) is 0 Å². The van der Waals surface area contributed by atoms with Crippen LogP contribution in [0.25, 0.3) is 0 Å². The molecule has 2 rings (SSSR count). The van der Waals surface area contributed by atoms with E-state index in [9.17, 15) is 0 Å². The topological polar surface area (TPSA) is 74.2 Å². The number of methoxy groups -OCH3 is 1. The van der Waals surface area contributed by atoms with Crippen LogP contribution in [0.1, 0.15) is 71.0 Å². The third kappa shape index (κ3) is 3.29. The summed E-state index contributed by atoms with van der Waals surface area (Å²) in [6.45, 7) is 8.51. The maximum Gasteiger partial charge on any atom is 0.231 e. The molecule has 2 N–H and O–H groups in total. The predicted octanol–water partition coefficient (Wildman–Crippen LogP) is 3.21. The second-order valence-electron chi connectivity index (χ2n) is 6.99. The van der Waals surface area contributed by atoms with Gasteiger partial charge in [-0.25, -0.2) is 0 Å². The van der Waals surface area contributed by atoms with Crippen molar-refractivity contribution in [2.75, 3.05) is 7.11 Å². The number of ether oxygens (including phenoxy) is 1. The lowest BCUT2D eigenvalue weighted by Crippen LogP contribution is -2.35. The molecule has 5 nitrogen and oxygen atoms in total. The zero-order valence-electron chi connectivity index (χ0n) is 13.9. The summed E-state index contributed by atoms with van der Waals surface area (Å²) in [6.07, 6.45) is 4.29. The highest BCUT2D eigenvalue weighted by Crippen LogP contribution is 2.41. The Hall–Kier alpha value is -0.940. The van der Waals surface area contributed by atoms with Crippen LogP contribution in [0, 0.1) is 11.8 Å². The van der Waals surface area contributed by atoms with Crippen LogP contribution in [0.3, 0.4) is 0 Å². The largest absolute Gasteiger partial charge is 0.370 e. The Balaban J connectivity index is 2.29. The summed E-state index contributed by atoms with van der Waals surface area (Å²) >= 11 is 0. The maximum atomic E-state index is 6.09. The highest BCUT2D eigenvalue weighted by Gasteiger charge is 2.41. The van der Waals surface area contributed by atoms with Crippen LogP contribution in [-0.2, 0) is 10.3 Å². The Labute approximate surface area is 127 Å². The average molecular weight is 295 g/mol. The van der Waals surface area contributed by atoms with Crippen LogP contribution in [0.15, 0.2) is 4.52 Å². The molecule has 21 heavy (non-hydrogen) atoms. The van der Waals surface area contributed by atoms with E-state index in [0.29, 0.717) is 23.6 Å². The van der Waals surface area contributed by atoms with E-state index in [-0.39, 0.29) is 12.0 Å². The van der Waals surface area contributed by atoms with Gasteiger partial charge in [-0.2, -0.15) is 4.98 Å². The quantitative estimate of drug-likeness (QED) is 0.903. The lowest BCUT2D eigenvalue weighted by Gasteiger charge is -2.36. The lowest BCUT2D eigenvalue weighted by molar-refractivity contribution is -0.0658. The van der Waals surface area contributed by atoms with Crippen LogP contribution >= 0.6 is 0 Å². The Morgan fingerprint density at radius 1 is 1.38 bits per heavy atom. The Kier molecular flexibility index (Phi) is 5.04. The molecule has 5 heteroatoms. The second-order valence-corrected chi connectivity index (χ2v) is 6.99. The standard InChI is InChI=1S/C16H29N3O2/c1-10(2)13(12(4)17)14-18-15(19-21-14)16(20-5)8-6-7-11(3)9-16/h10-13H,6-9,17H2,1-5H3. The Bertz CT molecular complexity index is 450. The SMILES string of the molecule is COC1(c2noc(C(C(C)C)C(C)N)n2)CCCC(C)C1. The van der Waals surface area contributed by atoms with Crippen molar-refractivity contribution in [1.29, 1.82) is 0 Å². The Morgan fingerprint density at radius 2 is 2.10 bits per heavy atom. The number of nitrogens with zero attached hydrogens (tertiary/aromatic N) is 2. The van der Waals surface area contributed by atoms with Crippen molar-refractivity contribution in [2.24, 2.45) is 17.6 Å². The first kappa shape index (κ1) is 16.4. The summed E-state index contributed by atoms with van der Waals surface area (Å²) in [5, 5.41) is 4.24. The molecule has 1 aliphatic rings. The van der Waals surface area contributed by atoms with E-state index in [1.165, 1.54) is 6.42 Å². The molecule has 4 unspecified atom stereocenters. The summed E-state index contributed by atoms with van der Waals surface area (Å²) in [5.74, 6) is 2.40. The molecule has 4 atom stereocenters. The number of hydrogen-bond acceptors (Lipinski definition) is 5. The smallest absolute Gasteiger partial charge is 0.231 e. The fraction of sp³-hybridized carbons (Fsp3) is 0.875. The van der Waals surface area contributed by atoms with E-state index in [4.69, 9.17) is 15.0 Å². The second kappa shape index (κ2) is 6.44. The van der Waals surface area contributed by atoms with E-state index >= 15 is 0 Å². The molecule has 1 aliphatic carbocycles. The van der Waals surface area contributed by atoms with Gasteiger partial charge in [0.25, 0.3) is 0 Å². The molecule has 1 aromatic rings. The lowest BCUT2D eigenvalue weighted by atomic mass is 9.78. The molecule has 0 bridgehead atoms. The molecule has 0 aliphatic heterocycles. The van der Waals surface area contributed by atoms with E-state index in [0.717, 1.165) is 19.3 Å². The summed E-state index contributed by atoms with van der Waals surface area (Å²) < 4.78 is 11.4. The number of nitrogens with two attached hydrogens (primary N) is 1. The molecule has 120 valence electrons. The molecular formula is C16H29N3O2. The van der Waals surface area contributed by atoms with Crippen molar-refractivity contribution in [3.05, 3.63) is 11.7 Å². The molecule has 1 saturated carbocycles. The molecule has 1 aromatic heterocycles. The summed E-state index contributed by atoms with van der Waals surface area (Å²) in [6, 6.07) is -0.0120. The maximum absolute atomic E-state index is 6.09. The van der Waals surface area contributed by atoms with Crippen LogP contribution in [0.4, 0.5) is 0 Å². The monoisotopic (exact) mass is 295 g/mol. The fourth-order valence-electron chi connectivity index (χ4n) is 3.66. The van der Waals surface area contributed by atoms with Crippen LogP contribution < -0.4 is 5.73 Å². The third-order valence-electron chi connectivity index (χ3n) is 4.77. The first-order valence-electron chi connectivity index (χ1n) is 8.04. The third-order valence-corrected chi connectivity index (χ3v) is 4.77. The van der Waals surface area contributed by atoms with E-state index < -0.39 is 5.60 Å². The van der Waals surface area contributed by atoms with Crippen LogP contribution in [0.2, 0.25) is 0 Å². The van der Waals surface area contributed by atoms with Crippen molar-refractivity contribution < 1.29 is 9.26 Å². The average Bonchev–Trinajstić information content (AvgIpc) is 2.87. The van der Waals surface area contributed by atoms with Gasteiger partial charge in [0.1, 0.15) is 5.60 Å². The zero-order chi connectivity index (χ0) is 15.6. The predicted molar refractivity (Wildman–Crippen MR) is 81.8 cm³/mol. The fourth-order valence-corrected chi connectivity index (χ4v) is 3.66. The first-order chi connectivity index (χ1) is 9.89. The van der Waals surface area contributed by atoms with Gasteiger partial charge in [0.15, 0.2) is 0 Å². The number of aromatic nitrogens is 2. The van der Waals surface area contributed by atoms with Gasteiger partial charge in [-0.1, -0.05) is 32.3 Å². The van der Waals surface area contributed by atoms with Crippen LogP contribution in [-0.4, -0.2) is 23.3 Å². The van der Waals surface area contributed by atoms with Crippen molar-refractivity contribution in [3.8, 4) is 0 Å². The van der Waals surface area contributed by atoms with E-state index in [2.05, 4.69) is 30.9 Å². The van der Waals surface area contributed by atoms with E-state index in [1.807, 2.05) is 6.92 Å². The summed E-state index contributed by atoms with van der Waals surface area (Å²) in [7, 11) is 1.75. The van der Waals surface area contributed by atoms with E-state index in [1.54, 1.807) is 7.11 Å². The normalized spacial score (nSPS) is 29.6. The molecular weight excluding hydrogens is 266 g/mol. The minimum absolute atomic E-state index is 0.0120. The zero-order valence-corrected chi connectivity index (χ0v) is 13.9. The van der Waals surface area contributed by atoms with Gasteiger partial charge in [0, 0.05) is 13.2 Å². The van der Waals surface area contributed by atoms with Gasteiger partial charge in [0.05, 0.1) is 5.92 Å². The van der Waals surface area contributed by atoms with Crippen molar-refractivity contribution in [3.63, 3.8) is 0 Å². The minimum atomic E-state index is -0.390. The first-order valence-corrected chi connectivity index (χ1v) is 8.04. The molecule has 1 fully saturated rings. The van der Waals surface area contributed by atoms with Gasteiger partial charge >= 0.3 is 0 Å². The molecule has 0 aromatic carbocycles. The highest BCUT2D eigenvalue weighted by atomic mass is 16.5. The molecule has 0 radical (unpaired) electrons. The van der Waals surface area contributed by atoms with Crippen molar-refractivity contribution in [2.45, 2.75) is 70.9 Å². The van der Waals surface area contributed by atoms with Gasteiger partial charge in [-0.05, 0) is 38.0 Å². The molecule has 1 heterocycles. The van der Waals surface area contributed by atoms with Gasteiger partial charge in [0.2, 0.25) is 11.7 Å². The highest BCUT2D eigenvalue weighted by molar-refractivity contribution is 5.07. The van der Waals surface area contributed by atoms with Crippen molar-refractivity contribution in [1.82, 2.24) is 10.1 Å². The summed E-state index contributed by atoms with van der Waals surface area (Å²) in [4.78, 5) is 4.67. The van der Waals surface area contributed by atoms with Gasteiger partial charge < -0.3 is 15.0 Å². The molecule has 0 saturated heterocycles. The Morgan fingerprint density at radius 3 is 2.62 bits per heavy atom. The van der Waals surface area contributed by atoms with Gasteiger partial charge in [-0.3, -0.25) is 0 Å². The summed E-state index contributed by atoms with van der Waals surface area (Å²) in [5.41, 5.74) is 5.70. The van der Waals surface area contributed by atoms with Crippen LogP contribution in [0.5, 0.6) is 0 Å². The minimum Gasteiger partial charge on any atom is -0.370 e.